The Labute approximate surface area is 120 Å². The average Bonchev–Trinajstić information content (AvgIpc) is 3.04. The highest BCUT2D eigenvalue weighted by molar-refractivity contribution is 5.44. The van der Waals surface area contributed by atoms with Crippen molar-refractivity contribution >= 4 is 0 Å². The van der Waals surface area contributed by atoms with Crippen molar-refractivity contribution in [3.8, 4) is 11.5 Å². The molecule has 1 aromatic rings. The van der Waals surface area contributed by atoms with Crippen LogP contribution >= 0.6 is 0 Å². The summed E-state index contributed by atoms with van der Waals surface area (Å²) in [6.45, 7) is 6.40. The number of phenolic OH excluding ortho intramolecular Hbond substituents is 1. The maximum Gasteiger partial charge on any atom is 0.127 e. The van der Waals surface area contributed by atoms with Crippen LogP contribution in [0.15, 0.2) is 18.2 Å². The number of likely N-dealkylation sites (N-methyl/N-ethyl adjacent to an activating group) is 2. The maximum atomic E-state index is 9.52. The Hall–Kier alpha value is -1.26. The molecule has 2 aliphatic heterocycles. The predicted octanol–water partition coefficient (Wildman–Crippen LogP) is 2.24. The van der Waals surface area contributed by atoms with Gasteiger partial charge in [-0.25, -0.2) is 0 Å². The maximum absolute atomic E-state index is 9.52. The van der Waals surface area contributed by atoms with E-state index in [4.69, 9.17) is 4.74 Å². The van der Waals surface area contributed by atoms with Crippen molar-refractivity contribution in [2.75, 3.05) is 33.3 Å². The van der Waals surface area contributed by atoms with E-state index < -0.39 is 0 Å². The zero-order valence-electron chi connectivity index (χ0n) is 12.4. The van der Waals surface area contributed by atoms with Crippen molar-refractivity contribution in [1.29, 1.82) is 0 Å². The van der Waals surface area contributed by atoms with Crippen LogP contribution < -0.4 is 4.74 Å². The molecule has 1 aromatic carbocycles. The third kappa shape index (κ3) is 2.50. The lowest BCUT2D eigenvalue weighted by Gasteiger charge is -2.30. The first-order valence-corrected chi connectivity index (χ1v) is 7.59. The summed E-state index contributed by atoms with van der Waals surface area (Å²) in [7, 11) is 2.18. The molecule has 0 aliphatic carbocycles. The molecule has 20 heavy (non-hydrogen) atoms. The highest BCUT2D eigenvalue weighted by Gasteiger charge is 2.31. The van der Waals surface area contributed by atoms with E-state index in [-0.39, 0.29) is 5.75 Å². The average molecular weight is 276 g/mol. The quantitative estimate of drug-likeness (QED) is 0.915. The van der Waals surface area contributed by atoms with Gasteiger partial charge in [-0.15, -0.1) is 0 Å². The molecule has 0 aromatic heterocycles. The second kappa shape index (κ2) is 5.62. The van der Waals surface area contributed by atoms with E-state index >= 15 is 0 Å². The molecule has 2 heterocycles. The van der Waals surface area contributed by atoms with E-state index in [9.17, 15) is 5.11 Å². The van der Waals surface area contributed by atoms with E-state index in [0.29, 0.717) is 18.7 Å². The predicted molar refractivity (Wildman–Crippen MR) is 79.2 cm³/mol. The topological polar surface area (TPSA) is 35.9 Å². The van der Waals surface area contributed by atoms with Gasteiger partial charge in [-0.05, 0) is 45.1 Å². The standard InChI is InChI=1S/C16H24N2O2/c1-3-18-8-4-5-12(18)10-17(2)15-11-20-16-9-13(19)6-7-14(15)16/h6-7,9,12,15,19H,3-5,8,10-11H2,1-2H3. The second-order valence-corrected chi connectivity index (χ2v) is 5.91. The van der Waals surface area contributed by atoms with Crippen LogP contribution in [0.3, 0.4) is 0 Å². The molecule has 2 atom stereocenters. The summed E-state index contributed by atoms with van der Waals surface area (Å²) in [6.07, 6.45) is 2.62. The number of likely N-dealkylation sites (tertiary alicyclic amines) is 1. The van der Waals surface area contributed by atoms with Crippen LogP contribution in [0, 0.1) is 0 Å². The molecule has 4 heteroatoms. The molecule has 2 aliphatic rings. The summed E-state index contributed by atoms with van der Waals surface area (Å²) in [5, 5.41) is 9.52. The Morgan fingerprint density at radius 3 is 3.10 bits per heavy atom. The van der Waals surface area contributed by atoms with Crippen molar-refractivity contribution < 1.29 is 9.84 Å². The number of rotatable bonds is 4. The number of aromatic hydroxyl groups is 1. The van der Waals surface area contributed by atoms with Crippen LogP contribution in [-0.2, 0) is 0 Å². The fourth-order valence-corrected chi connectivity index (χ4v) is 3.52. The summed E-state index contributed by atoms with van der Waals surface area (Å²) in [5.41, 5.74) is 1.20. The normalized spacial score (nSPS) is 25.9. The van der Waals surface area contributed by atoms with Crippen LogP contribution in [0.4, 0.5) is 0 Å². The van der Waals surface area contributed by atoms with Gasteiger partial charge in [-0.1, -0.05) is 6.92 Å². The van der Waals surface area contributed by atoms with Crippen molar-refractivity contribution in [3.63, 3.8) is 0 Å². The summed E-state index contributed by atoms with van der Waals surface area (Å²) in [5.74, 6) is 1.11. The number of phenols is 1. The van der Waals surface area contributed by atoms with Crippen LogP contribution in [0.1, 0.15) is 31.4 Å². The summed E-state index contributed by atoms with van der Waals surface area (Å²) in [6, 6.07) is 6.45. The van der Waals surface area contributed by atoms with Gasteiger partial charge >= 0.3 is 0 Å². The minimum Gasteiger partial charge on any atom is -0.508 e. The molecule has 1 fully saturated rings. The highest BCUT2D eigenvalue weighted by atomic mass is 16.5. The number of hydrogen-bond donors (Lipinski definition) is 1. The summed E-state index contributed by atoms with van der Waals surface area (Å²) >= 11 is 0. The van der Waals surface area contributed by atoms with Crippen molar-refractivity contribution in [3.05, 3.63) is 23.8 Å². The molecular weight excluding hydrogens is 252 g/mol. The first-order valence-electron chi connectivity index (χ1n) is 7.59. The lowest BCUT2D eigenvalue weighted by molar-refractivity contribution is 0.145. The van der Waals surface area contributed by atoms with Crippen molar-refractivity contribution in [2.24, 2.45) is 0 Å². The molecule has 0 amide bonds. The zero-order valence-corrected chi connectivity index (χ0v) is 12.4. The molecule has 2 unspecified atom stereocenters. The minimum atomic E-state index is 0.278. The van der Waals surface area contributed by atoms with Gasteiger partial charge in [0.15, 0.2) is 0 Å². The molecule has 0 bridgehead atoms. The first-order chi connectivity index (χ1) is 9.69. The smallest absolute Gasteiger partial charge is 0.127 e. The lowest BCUT2D eigenvalue weighted by Crippen LogP contribution is -2.40. The Kier molecular flexibility index (Phi) is 3.85. The van der Waals surface area contributed by atoms with Gasteiger partial charge in [0, 0.05) is 24.2 Å². The number of fused-ring (bicyclic) bond motifs is 1. The number of benzene rings is 1. The second-order valence-electron chi connectivity index (χ2n) is 5.91. The van der Waals surface area contributed by atoms with Gasteiger partial charge in [0.05, 0.1) is 6.04 Å². The van der Waals surface area contributed by atoms with Crippen LogP contribution in [-0.4, -0.2) is 54.2 Å². The fourth-order valence-electron chi connectivity index (χ4n) is 3.52. The van der Waals surface area contributed by atoms with Crippen LogP contribution in [0.5, 0.6) is 11.5 Å². The molecule has 1 saturated heterocycles. The highest BCUT2D eigenvalue weighted by Crippen LogP contribution is 2.38. The largest absolute Gasteiger partial charge is 0.508 e. The van der Waals surface area contributed by atoms with Crippen molar-refractivity contribution in [1.82, 2.24) is 9.80 Å². The minimum absolute atomic E-state index is 0.278. The van der Waals surface area contributed by atoms with Crippen LogP contribution in [0.25, 0.3) is 0 Å². The molecule has 4 nitrogen and oxygen atoms in total. The van der Waals surface area contributed by atoms with Gasteiger partial charge in [0.2, 0.25) is 0 Å². The molecule has 0 saturated carbocycles. The van der Waals surface area contributed by atoms with Gasteiger partial charge < -0.3 is 9.84 Å². The molecule has 3 rings (SSSR count). The van der Waals surface area contributed by atoms with E-state index in [1.807, 2.05) is 6.07 Å². The zero-order chi connectivity index (χ0) is 14.1. The molecule has 110 valence electrons. The molecule has 0 radical (unpaired) electrons. The van der Waals surface area contributed by atoms with Crippen molar-refractivity contribution in [2.45, 2.75) is 31.8 Å². The number of ether oxygens (including phenoxy) is 1. The Balaban J connectivity index is 1.69. The third-order valence-corrected chi connectivity index (χ3v) is 4.69. The Morgan fingerprint density at radius 1 is 1.45 bits per heavy atom. The summed E-state index contributed by atoms with van der Waals surface area (Å²) < 4.78 is 5.72. The Bertz CT molecular complexity index is 478. The third-order valence-electron chi connectivity index (χ3n) is 4.69. The fraction of sp³-hybridized carbons (Fsp3) is 0.625. The van der Waals surface area contributed by atoms with Gasteiger partial charge in [-0.3, -0.25) is 9.80 Å². The van der Waals surface area contributed by atoms with E-state index in [1.165, 1.54) is 24.9 Å². The van der Waals surface area contributed by atoms with E-state index in [2.05, 4.69) is 23.8 Å². The lowest BCUT2D eigenvalue weighted by atomic mass is 10.1. The monoisotopic (exact) mass is 276 g/mol. The first kappa shape index (κ1) is 13.7. The molecule has 0 spiro atoms. The van der Waals surface area contributed by atoms with E-state index in [1.54, 1.807) is 12.1 Å². The molecule has 1 N–H and O–H groups in total. The Morgan fingerprint density at radius 2 is 2.30 bits per heavy atom. The van der Waals surface area contributed by atoms with Gasteiger partial charge in [0.25, 0.3) is 0 Å². The number of nitrogens with zero attached hydrogens (tertiary/aromatic N) is 2. The SMILES string of the molecule is CCN1CCCC1CN(C)C1COc2cc(O)ccc21. The number of hydrogen-bond acceptors (Lipinski definition) is 4. The molecular formula is C16H24N2O2. The van der Waals surface area contributed by atoms with Crippen LogP contribution in [0.2, 0.25) is 0 Å². The van der Waals surface area contributed by atoms with Gasteiger partial charge in [-0.2, -0.15) is 0 Å². The van der Waals surface area contributed by atoms with E-state index in [0.717, 1.165) is 18.8 Å². The summed E-state index contributed by atoms with van der Waals surface area (Å²) in [4.78, 5) is 4.98. The van der Waals surface area contributed by atoms with Gasteiger partial charge in [0.1, 0.15) is 18.1 Å².